The highest BCUT2D eigenvalue weighted by Gasteiger charge is 2.52. The number of carbonyl (C=O) groups excluding carboxylic acids is 3. The normalized spacial score (nSPS) is 14.0. The molecule has 0 aliphatic heterocycles. The number of allylic oxidation sites excluding steroid dienone is 4. The highest BCUT2D eigenvalue weighted by Crippen LogP contribution is 2.26. The van der Waals surface area contributed by atoms with E-state index in [0.717, 1.165) is 83.5 Å². The fourth-order valence-corrected chi connectivity index (χ4v) is 8.14. The zero-order chi connectivity index (χ0) is 43.5. The Bertz CT molecular complexity index is 1020. The molecule has 3 atom stereocenters. The van der Waals surface area contributed by atoms with Crippen LogP contribution in [0.5, 0.6) is 0 Å². The molecule has 0 bridgehead atoms. The van der Waals surface area contributed by atoms with E-state index in [9.17, 15) is 29.7 Å². The summed E-state index contributed by atoms with van der Waals surface area (Å²) in [6, 6.07) is 0. The standard InChI is InChI=1S/C53H98O6/c1-4-7-10-13-16-19-22-25-26-29-32-35-38-41-44-47-50(56)53(59,49(55)46-43-40-37-34-31-28-24-21-18-15-12-9-6-3)52(58)51(57)48(54)45-42-39-36-33-30-27-23-20-17-14-11-8-5-2/h16,19,25-26,51-52,57-59H,4-15,17-18,20-24,27-47H2,1-3H3/b19-16-,26-25-. The fourth-order valence-electron chi connectivity index (χ4n) is 8.14. The van der Waals surface area contributed by atoms with E-state index in [1.165, 1.54) is 135 Å². The quantitative estimate of drug-likeness (QED) is 0.0320. The third kappa shape index (κ3) is 32.7. The van der Waals surface area contributed by atoms with Crippen molar-refractivity contribution in [3.63, 3.8) is 0 Å². The molecule has 59 heavy (non-hydrogen) atoms. The molecule has 0 aromatic rings. The van der Waals surface area contributed by atoms with Crippen LogP contribution in [0.1, 0.15) is 278 Å². The van der Waals surface area contributed by atoms with Gasteiger partial charge in [-0.1, -0.05) is 231 Å². The smallest absolute Gasteiger partial charge is 0.210 e. The summed E-state index contributed by atoms with van der Waals surface area (Å²) >= 11 is 0. The largest absolute Gasteiger partial charge is 0.386 e. The van der Waals surface area contributed by atoms with Gasteiger partial charge in [0.15, 0.2) is 17.3 Å². The van der Waals surface area contributed by atoms with Crippen LogP contribution in [-0.4, -0.2) is 50.5 Å². The number of Topliss-reactive ketones (excluding diaryl/α,β-unsaturated/α-hetero) is 3. The molecular formula is C53H98O6. The van der Waals surface area contributed by atoms with Crippen LogP contribution in [-0.2, 0) is 14.4 Å². The summed E-state index contributed by atoms with van der Waals surface area (Å²) in [5.41, 5.74) is -2.77. The molecule has 0 spiro atoms. The number of carbonyl (C=O) groups is 3. The van der Waals surface area contributed by atoms with Gasteiger partial charge in [-0.15, -0.1) is 0 Å². The molecule has 6 nitrogen and oxygen atoms in total. The van der Waals surface area contributed by atoms with Gasteiger partial charge in [-0.25, -0.2) is 0 Å². The van der Waals surface area contributed by atoms with Crippen LogP contribution in [0.3, 0.4) is 0 Å². The highest BCUT2D eigenvalue weighted by atomic mass is 16.4. The second-order valence-electron chi connectivity index (χ2n) is 17.9. The Morgan fingerprint density at radius 1 is 0.390 bits per heavy atom. The first-order valence-electron chi connectivity index (χ1n) is 25.7. The summed E-state index contributed by atoms with van der Waals surface area (Å²) in [5, 5.41) is 33.8. The van der Waals surface area contributed by atoms with Gasteiger partial charge in [-0.2, -0.15) is 0 Å². The predicted molar refractivity (Wildman–Crippen MR) is 252 cm³/mol. The Hall–Kier alpha value is -1.63. The number of hydrogen-bond acceptors (Lipinski definition) is 6. The van der Waals surface area contributed by atoms with Crippen molar-refractivity contribution in [1.29, 1.82) is 0 Å². The van der Waals surface area contributed by atoms with Gasteiger partial charge < -0.3 is 15.3 Å². The zero-order valence-corrected chi connectivity index (χ0v) is 39.3. The predicted octanol–water partition coefficient (Wildman–Crippen LogP) is 14.9. The molecule has 0 aliphatic rings. The summed E-state index contributed by atoms with van der Waals surface area (Å²) in [6.45, 7) is 6.71. The lowest BCUT2D eigenvalue weighted by molar-refractivity contribution is -0.174. The molecule has 3 N–H and O–H groups in total. The first kappa shape index (κ1) is 57.4. The topological polar surface area (TPSA) is 112 Å². The van der Waals surface area contributed by atoms with Crippen molar-refractivity contribution in [2.24, 2.45) is 0 Å². The Morgan fingerprint density at radius 3 is 1.02 bits per heavy atom. The molecule has 3 unspecified atom stereocenters. The molecule has 0 saturated heterocycles. The lowest BCUT2D eigenvalue weighted by Crippen LogP contribution is -2.61. The molecule has 0 amide bonds. The number of hydrogen-bond donors (Lipinski definition) is 3. The van der Waals surface area contributed by atoms with E-state index in [4.69, 9.17) is 0 Å². The van der Waals surface area contributed by atoms with E-state index in [2.05, 4.69) is 45.1 Å². The van der Waals surface area contributed by atoms with Gasteiger partial charge >= 0.3 is 0 Å². The van der Waals surface area contributed by atoms with Crippen LogP contribution < -0.4 is 0 Å². The molecule has 0 radical (unpaired) electrons. The van der Waals surface area contributed by atoms with Gasteiger partial charge in [0, 0.05) is 19.3 Å². The van der Waals surface area contributed by atoms with Crippen LogP contribution in [0.2, 0.25) is 0 Å². The van der Waals surface area contributed by atoms with Crippen LogP contribution in [0.4, 0.5) is 0 Å². The van der Waals surface area contributed by atoms with Crippen molar-refractivity contribution >= 4 is 17.3 Å². The maximum absolute atomic E-state index is 13.6. The molecule has 0 aromatic heterocycles. The van der Waals surface area contributed by atoms with Gasteiger partial charge in [0.1, 0.15) is 12.2 Å². The van der Waals surface area contributed by atoms with Crippen LogP contribution in [0.25, 0.3) is 0 Å². The van der Waals surface area contributed by atoms with Gasteiger partial charge in [0.05, 0.1) is 0 Å². The van der Waals surface area contributed by atoms with E-state index in [0.29, 0.717) is 19.3 Å². The number of ketones is 3. The molecule has 0 fully saturated rings. The van der Waals surface area contributed by atoms with Crippen molar-refractivity contribution in [2.45, 2.75) is 295 Å². The third-order valence-corrected chi connectivity index (χ3v) is 12.3. The lowest BCUT2D eigenvalue weighted by atomic mass is 9.79. The SMILES string of the molecule is CCCCC/C=C\C/C=C\CCCCCCCC(=O)C(O)(C(=O)CCCCCCCCCCCCCCC)C(O)C(O)C(=O)CCCCCCCCCCCCCCC. The van der Waals surface area contributed by atoms with Crippen molar-refractivity contribution in [2.75, 3.05) is 0 Å². The van der Waals surface area contributed by atoms with Crippen LogP contribution >= 0.6 is 0 Å². The van der Waals surface area contributed by atoms with Crippen molar-refractivity contribution in [3.8, 4) is 0 Å². The molecule has 0 saturated carbocycles. The summed E-state index contributed by atoms with van der Waals surface area (Å²) < 4.78 is 0. The third-order valence-electron chi connectivity index (χ3n) is 12.3. The fraction of sp³-hybridized carbons (Fsp3) is 0.868. The van der Waals surface area contributed by atoms with E-state index in [1.54, 1.807) is 0 Å². The molecule has 0 rings (SSSR count). The maximum Gasteiger partial charge on any atom is 0.210 e. The second-order valence-corrected chi connectivity index (χ2v) is 17.9. The molecule has 6 heteroatoms. The average molecular weight is 831 g/mol. The molecule has 0 aliphatic carbocycles. The summed E-state index contributed by atoms with van der Waals surface area (Å²) in [7, 11) is 0. The molecule has 0 aromatic carbocycles. The van der Waals surface area contributed by atoms with Crippen LogP contribution in [0.15, 0.2) is 24.3 Å². The van der Waals surface area contributed by atoms with Gasteiger partial charge in [0.2, 0.25) is 5.60 Å². The number of aliphatic hydroxyl groups excluding tert-OH is 2. The summed E-state index contributed by atoms with van der Waals surface area (Å²) in [4.78, 5) is 40.1. The number of aliphatic hydroxyl groups is 3. The Kier molecular flexibility index (Phi) is 41.8. The minimum absolute atomic E-state index is 0.0538. The zero-order valence-electron chi connectivity index (χ0n) is 39.3. The minimum atomic E-state index is -2.77. The molecular weight excluding hydrogens is 733 g/mol. The first-order valence-corrected chi connectivity index (χ1v) is 25.7. The van der Waals surface area contributed by atoms with E-state index in [1.807, 2.05) is 0 Å². The average Bonchev–Trinajstić information content (AvgIpc) is 3.24. The molecule has 346 valence electrons. The summed E-state index contributed by atoms with van der Waals surface area (Å²) in [6.07, 6.45) is 46.2. The van der Waals surface area contributed by atoms with E-state index >= 15 is 0 Å². The van der Waals surface area contributed by atoms with E-state index < -0.39 is 35.2 Å². The lowest BCUT2D eigenvalue weighted by Gasteiger charge is -2.32. The van der Waals surface area contributed by atoms with Crippen molar-refractivity contribution in [1.82, 2.24) is 0 Å². The minimum Gasteiger partial charge on any atom is -0.386 e. The highest BCUT2D eigenvalue weighted by molar-refractivity contribution is 6.11. The first-order chi connectivity index (χ1) is 28.8. The maximum atomic E-state index is 13.6. The van der Waals surface area contributed by atoms with Gasteiger partial charge in [-0.05, 0) is 51.4 Å². The Labute approximate surface area is 365 Å². The second kappa shape index (κ2) is 43.0. The summed E-state index contributed by atoms with van der Waals surface area (Å²) in [5.74, 6) is -2.16. The molecule has 0 heterocycles. The monoisotopic (exact) mass is 831 g/mol. The van der Waals surface area contributed by atoms with Gasteiger partial charge in [0.25, 0.3) is 0 Å². The van der Waals surface area contributed by atoms with Gasteiger partial charge in [-0.3, -0.25) is 14.4 Å². The Balaban J connectivity index is 4.82. The van der Waals surface area contributed by atoms with Crippen molar-refractivity contribution in [3.05, 3.63) is 24.3 Å². The number of unbranched alkanes of at least 4 members (excludes halogenated alkanes) is 32. The van der Waals surface area contributed by atoms with E-state index in [-0.39, 0.29) is 19.3 Å². The Morgan fingerprint density at radius 2 is 0.661 bits per heavy atom. The van der Waals surface area contributed by atoms with Crippen molar-refractivity contribution < 1.29 is 29.7 Å². The number of rotatable bonds is 47. The van der Waals surface area contributed by atoms with Crippen LogP contribution in [0, 0.1) is 0 Å².